The van der Waals surface area contributed by atoms with E-state index >= 15 is 0 Å². The minimum atomic E-state index is -0.733. The number of aliphatic carboxylic acids is 1. The van der Waals surface area contributed by atoms with Crippen LogP contribution >= 0.6 is 0 Å². The normalized spacial score (nSPS) is 14.5. The molecule has 1 N–H and O–H groups in total. The topological polar surface area (TPSA) is 46.5 Å². The van der Waals surface area contributed by atoms with Crippen LogP contribution in [0.1, 0.15) is 36.8 Å². The lowest BCUT2D eigenvalue weighted by molar-refractivity contribution is -0.137. The van der Waals surface area contributed by atoms with Crippen LogP contribution < -0.4 is 4.74 Å². The van der Waals surface area contributed by atoms with Crippen molar-refractivity contribution in [3.8, 4) is 5.75 Å². The van der Waals surface area contributed by atoms with E-state index in [1.165, 1.54) is 18.4 Å². The lowest BCUT2D eigenvalue weighted by atomic mass is 10.0. The van der Waals surface area contributed by atoms with E-state index in [1.807, 2.05) is 19.1 Å². The Balaban J connectivity index is 1.95. The van der Waals surface area contributed by atoms with Gasteiger partial charge < -0.3 is 9.84 Å². The number of rotatable bonds is 7. The molecule has 18 heavy (non-hydrogen) atoms. The zero-order valence-electron chi connectivity index (χ0n) is 10.8. The molecule has 1 aromatic rings. The molecule has 2 rings (SSSR count). The van der Waals surface area contributed by atoms with Gasteiger partial charge in [-0.3, -0.25) is 4.79 Å². The Morgan fingerprint density at radius 3 is 2.89 bits per heavy atom. The minimum absolute atomic E-state index is 0.218. The zero-order valence-corrected chi connectivity index (χ0v) is 10.8. The van der Waals surface area contributed by atoms with E-state index in [9.17, 15) is 4.79 Å². The molecule has 3 nitrogen and oxygen atoms in total. The van der Waals surface area contributed by atoms with Gasteiger partial charge in [0.2, 0.25) is 0 Å². The van der Waals surface area contributed by atoms with Crippen LogP contribution in [-0.2, 0) is 11.2 Å². The van der Waals surface area contributed by atoms with Gasteiger partial charge >= 0.3 is 5.97 Å². The van der Waals surface area contributed by atoms with Gasteiger partial charge in [0.25, 0.3) is 0 Å². The molecule has 1 aliphatic carbocycles. The molecule has 3 heteroatoms. The van der Waals surface area contributed by atoms with Crippen LogP contribution in [0.4, 0.5) is 0 Å². The number of benzene rings is 1. The van der Waals surface area contributed by atoms with Gasteiger partial charge in [-0.25, -0.2) is 0 Å². The van der Waals surface area contributed by atoms with Crippen LogP contribution in [0.3, 0.4) is 0 Å². The number of hydrogen-bond donors (Lipinski definition) is 1. The van der Waals surface area contributed by atoms with Crippen LogP contribution in [0.2, 0.25) is 0 Å². The van der Waals surface area contributed by atoms with Crippen LogP contribution in [0.5, 0.6) is 5.75 Å². The van der Waals surface area contributed by atoms with Crippen molar-refractivity contribution in [1.82, 2.24) is 0 Å². The fraction of sp³-hybridized carbons (Fsp3) is 0.533. The maximum atomic E-state index is 10.5. The number of ether oxygens (including phenoxy) is 1. The third-order valence-electron chi connectivity index (χ3n) is 3.22. The fourth-order valence-electron chi connectivity index (χ4n) is 1.97. The first-order chi connectivity index (χ1) is 8.65. The molecule has 0 atom stereocenters. The van der Waals surface area contributed by atoms with Crippen molar-refractivity contribution in [3.63, 3.8) is 0 Å². The Morgan fingerprint density at radius 1 is 1.44 bits per heavy atom. The summed E-state index contributed by atoms with van der Waals surface area (Å²) in [6.07, 6.45) is 4.21. The smallest absolute Gasteiger partial charge is 0.303 e. The summed E-state index contributed by atoms with van der Waals surface area (Å²) in [7, 11) is 0. The van der Waals surface area contributed by atoms with E-state index in [2.05, 4.69) is 6.07 Å². The van der Waals surface area contributed by atoms with E-state index < -0.39 is 5.97 Å². The maximum Gasteiger partial charge on any atom is 0.303 e. The second-order valence-corrected chi connectivity index (χ2v) is 5.11. The molecular weight excluding hydrogens is 228 g/mol. The third kappa shape index (κ3) is 4.06. The predicted molar refractivity (Wildman–Crippen MR) is 70.0 cm³/mol. The van der Waals surface area contributed by atoms with Gasteiger partial charge in [-0.15, -0.1) is 0 Å². The molecule has 0 unspecified atom stereocenters. The first kappa shape index (κ1) is 12.9. The molecule has 0 amide bonds. The highest BCUT2D eigenvalue weighted by Crippen LogP contribution is 2.31. The summed E-state index contributed by atoms with van der Waals surface area (Å²) < 4.78 is 5.83. The number of aryl methyl sites for hydroxylation is 2. The zero-order chi connectivity index (χ0) is 13.0. The van der Waals surface area contributed by atoms with E-state index in [1.54, 1.807) is 0 Å². The van der Waals surface area contributed by atoms with Crippen molar-refractivity contribution in [2.24, 2.45) is 5.92 Å². The van der Waals surface area contributed by atoms with Crippen molar-refractivity contribution in [2.45, 2.75) is 39.0 Å². The first-order valence-corrected chi connectivity index (χ1v) is 6.59. The molecule has 0 radical (unpaired) electrons. The van der Waals surface area contributed by atoms with E-state index in [0.717, 1.165) is 30.3 Å². The molecule has 1 aromatic carbocycles. The number of carbonyl (C=O) groups is 1. The monoisotopic (exact) mass is 248 g/mol. The average Bonchev–Trinajstić information content (AvgIpc) is 3.11. The van der Waals surface area contributed by atoms with E-state index in [-0.39, 0.29) is 6.42 Å². The molecule has 0 aromatic heterocycles. The first-order valence-electron chi connectivity index (χ1n) is 6.59. The van der Waals surface area contributed by atoms with Crippen LogP contribution in [0.25, 0.3) is 0 Å². The lowest BCUT2D eigenvalue weighted by Crippen LogP contribution is -2.03. The second kappa shape index (κ2) is 5.89. The molecule has 0 aliphatic heterocycles. The molecule has 1 aliphatic rings. The van der Waals surface area contributed by atoms with Crippen LogP contribution in [0, 0.1) is 12.8 Å². The quantitative estimate of drug-likeness (QED) is 0.806. The standard InChI is InChI=1S/C15H20O3/c1-11-5-8-14(18-10-12-6-7-12)13(9-11)3-2-4-15(16)17/h5,8-9,12H,2-4,6-7,10H2,1H3,(H,16,17). The molecule has 0 bridgehead atoms. The van der Waals surface area contributed by atoms with Crippen molar-refractivity contribution in [1.29, 1.82) is 0 Å². The summed E-state index contributed by atoms with van der Waals surface area (Å²) in [4.78, 5) is 10.5. The van der Waals surface area contributed by atoms with Gasteiger partial charge in [0.1, 0.15) is 5.75 Å². The third-order valence-corrected chi connectivity index (χ3v) is 3.22. The average molecular weight is 248 g/mol. The molecule has 1 saturated carbocycles. The van der Waals surface area contributed by atoms with Crippen molar-refractivity contribution >= 4 is 5.97 Å². The summed E-state index contributed by atoms with van der Waals surface area (Å²) in [5.41, 5.74) is 2.33. The molecule has 0 spiro atoms. The second-order valence-electron chi connectivity index (χ2n) is 5.11. The lowest BCUT2D eigenvalue weighted by Gasteiger charge is -2.11. The van der Waals surface area contributed by atoms with Crippen molar-refractivity contribution < 1.29 is 14.6 Å². The molecule has 1 fully saturated rings. The highest BCUT2D eigenvalue weighted by atomic mass is 16.5. The number of hydrogen-bond acceptors (Lipinski definition) is 2. The summed E-state index contributed by atoms with van der Waals surface area (Å²) in [5, 5.41) is 8.67. The SMILES string of the molecule is Cc1ccc(OCC2CC2)c(CCCC(=O)O)c1. The van der Waals surface area contributed by atoms with E-state index in [4.69, 9.17) is 9.84 Å². The highest BCUT2D eigenvalue weighted by molar-refractivity contribution is 5.66. The predicted octanol–water partition coefficient (Wildman–Crippen LogP) is 3.19. The van der Waals surface area contributed by atoms with Gasteiger partial charge in [-0.1, -0.05) is 17.7 Å². The van der Waals surface area contributed by atoms with Crippen LogP contribution in [0.15, 0.2) is 18.2 Å². The Morgan fingerprint density at radius 2 is 2.22 bits per heavy atom. The molecule has 0 heterocycles. The summed E-state index contributed by atoms with van der Waals surface area (Å²) in [6, 6.07) is 6.15. The van der Waals surface area contributed by atoms with Crippen molar-refractivity contribution in [3.05, 3.63) is 29.3 Å². The van der Waals surface area contributed by atoms with Crippen LogP contribution in [-0.4, -0.2) is 17.7 Å². The number of carboxylic acid groups (broad SMARTS) is 1. The Bertz CT molecular complexity index is 422. The fourth-order valence-corrected chi connectivity index (χ4v) is 1.97. The number of carboxylic acids is 1. The summed E-state index contributed by atoms with van der Waals surface area (Å²) >= 11 is 0. The Labute approximate surface area is 108 Å². The Kier molecular flexibility index (Phi) is 4.24. The van der Waals surface area contributed by atoms with Gasteiger partial charge in [-0.2, -0.15) is 0 Å². The molecule has 98 valence electrons. The van der Waals surface area contributed by atoms with Gasteiger partial charge in [0.05, 0.1) is 6.61 Å². The Hall–Kier alpha value is -1.51. The minimum Gasteiger partial charge on any atom is -0.493 e. The van der Waals surface area contributed by atoms with E-state index in [0.29, 0.717) is 6.42 Å². The largest absolute Gasteiger partial charge is 0.493 e. The van der Waals surface area contributed by atoms with Crippen molar-refractivity contribution in [2.75, 3.05) is 6.61 Å². The molecule has 0 saturated heterocycles. The molecular formula is C15H20O3. The van der Waals surface area contributed by atoms with Gasteiger partial charge in [0.15, 0.2) is 0 Å². The summed E-state index contributed by atoms with van der Waals surface area (Å²) in [5.74, 6) is 0.930. The van der Waals surface area contributed by atoms with Gasteiger partial charge in [0, 0.05) is 6.42 Å². The highest BCUT2D eigenvalue weighted by Gasteiger charge is 2.22. The maximum absolute atomic E-state index is 10.5. The van der Waals surface area contributed by atoms with Gasteiger partial charge in [-0.05, 0) is 50.2 Å². The summed E-state index contributed by atoms with van der Waals surface area (Å²) in [6.45, 7) is 2.85.